The Morgan fingerprint density at radius 2 is 2.13 bits per heavy atom. The van der Waals surface area contributed by atoms with Crippen molar-refractivity contribution in [1.82, 2.24) is 0 Å². The Kier molecular flexibility index (Phi) is 3.07. The van der Waals surface area contributed by atoms with E-state index in [4.69, 9.17) is 4.74 Å². The molecule has 0 atom stereocenters. The van der Waals surface area contributed by atoms with E-state index in [1.165, 1.54) is 16.7 Å². The lowest BCUT2D eigenvalue weighted by Crippen LogP contribution is -1.89. The quantitative estimate of drug-likeness (QED) is 0.757. The fourth-order valence-corrected chi connectivity index (χ4v) is 2.27. The highest BCUT2D eigenvalue weighted by atomic mass is 32.1. The van der Waals surface area contributed by atoms with Crippen molar-refractivity contribution in [3.63, 3.8) is 0 Å². The number of thiophene rings is 1. The Labute approximate surface area is 94.3 Å². The predicted octanol–water partition coefficient (Wildman–Crippen LogP) is 3.99. The SMILES string of the molecule is CCc1ccc(OC)c(-c2ccsc2)c1. The van der Waals surface area contributed by atoms with Gasteiger partial charge < -0.3 is 4.74 Å². The summed E-state index contributed by atoms with van der Waals surface area (Å²) in [6.07, 6.45) is 1.06. The van der Waals surface area contributed by atoms with E-state index < -0.39 is 0 Å². The Hall–Kier alpha value is -1.28. The average Bonchev–Trinajstić information content (AvgIpc) is 2.81. The summed E-state index contributed by atoms with van der Waals surface area (Å²) in [6.45, 7) is 2.17. The molecule has 0 radical (unpaired) electrons. The molecule has 0 N–H and O–H groups in total. The van der Waals surface area contributed by atoms with Crippen LogP contribution >= 0.6 is 11.3 Å². The molecule has 0 aliphatic heterocycles. The zero-order chi connectivity index (χ0) is 10.7. The van der Waals surface area contributed by atoms with Crippen molar-refractivity contribution in [2.24, 2.45) is 0 Å². The van der Waals surface area contributed by atoms with Gasteiger partial charge in [-0.25, -0.2) is 0 Å². The van der Waals surface area contributed by atoms with Crippen LogP contribution in [0.5, 0.6) is 5.75 Å². The number of methoxy groups -OCH3 is 1. The third kappa shape index (κ3) is 2.05. The number of ether oxygens (including phenoxy) is 1. The van der Waals surface area contributed by atoms with Crippen LogP contribution in [-0.4, -0.2) is 7.11 Å². The van der Waals surface area contributed by atoms with Gasteiger partial charge in [-0.15, -0.1) is 0 Å². The third-order valence-corrected chi connectivity index (χ3v) is 3.19. The van der Waals surface area contributed by atoms with Crippen LogP contribution in [0.15, 0.2) is 35.0 Å². The number of rotatable bonds is 3. The Balaban J connectivity index is 2.52. The Bertz CT molecular complexity index is 432. The van der Waals surface area contributed by atoms with E-state index in [0.717, 1.165) is 12.2 Å². The minimum Gasteiger partial charge on any atom is -0.496 e. The monoisotopic (exact) mass is 218 g/mol. The standard InChI is InChI=1S/C13H14OS/c1-3-10-4-5-13(14-2)12(8-10)11-6-7-15-9-11/h4-9H,3H2,1-2H3. The Morgan fingerprint density at radius 3 is 2.73 bits per heavy atom. The smallest absolute Gasteiger partial charge is 0.126 e. The molecule has 0 aliphatic carbocycles. The number of benzene rings is 1. The second kappa shape index (κ2) is 4.49. The first-order chi connectivity index (χ1) is 7.35. The molecule has 2 rings (SSSR count). The van der Waals surface area contributed by atoms with Crippen LogP contribution in [0.1, 0.15) is 12.5 Å². The van der Waals surface area contributed by atoms with Crippen LogP contribution in [0.25, 0.3) is 11.1 Å². The minimum absolute atomic E-state index is 0.950. The largest absolute Gasteiger partial charge is 0.496 e. The molecule has 0 saturated carbocycles. The first-order valence-electron chi connectivity index (χ1n) is 5.04. The van der Waals surface area contributed by atoms with Gasteiger partial charge in [-0.05, 0) is 46.5 Å². The van der Waals surface area contributed by atoms with Crippen molar-refractivity contribution in [2.75, 3.05) is 7.11 Å². The van der Waals surface area contributed by atoms with Crippen molar-refractivity contribution in [3.05, 3.63) is 40.6 Å². The molecule has 0 spiro atoms. The maximum Gasteiger partial charge on any atom is 0.126 e. The van der Waals surface area contributed by atoms with Crippen molar-refractivity contribution in [3.8, 4) is 16.9 Å². The molecule has 0 saturated heterocycles. The molecule has 15 heavy (non-hydrogen) atoms. The van der Waals surface area contributed by atoms with Gasteiger partial charge in [0.05, 0.1) is 7.11 Å². The summed E-state index contributed by atoms with van der Waals surface area (Å²) in [5, 5.41) is 4.24. The third-order valence-electron chi connectivity index (χ3n) is 2.50. The number of aryl methyl sites for hydroxylation is 1. The summed E-state index contributed by atoms with van der Waals surface area (Å²) in [5.74, 6) is 0.950. The summed E-state index contributed by atoms with van der Waals surface area (Å²) in [7, 11) is 1.72. The van der Waals surface area contributed by atoms with Crippen LogP contribution in [0.2, 0.25) is 0 Å². The molecule has 2 heteroatoms. The summed E-state index contributed by atoms with van der Waals surface area (Å²) in [4.78, 5) is 0. The van der Waals surface area contributed by atoms with E-state index in [2.05, 4.69) is 35.9 Å². The lowest BCUT2D eigenvalue weighted by atomic mass is 10.0. The molecule has 2 aromatic rings. The molecule has 0 aliphatic rings. The van der Waals surface area contributed by atoms with Gasteiger partial charge in [0.1, 0.15) is 5.75 Å². The highest BCUT2D eigenvalue weighted by Gasteiger charge is 2.06. The molecular weight excluding hydrogens is 204 g/mol. The first kappa shape index (κ1) is 10.2. The molecule has 1 aromatic heterocycles. The first-order valence-corrected chi connectivity index (χ1v) is 5.99. The van der Waals surface area contributed by atoms with E-state index >= 15 is 0 Å². The zero-order valence-corrected chi connectivity index (χ0v) is 9.80. The maximum atomic E-state index is 5.37. The second-order valence-electron chi connectivity index (χ2n) is 3.40. The van der Waals surface area contributed by atoms with Gasteiger partial charge in [-0.1, -0.05) is 13.0 Å². The fraction of sp³-hybridized carbons (Fsp3) is 0.231. The van der Waals surface area contributed by atoms with Crippen LogP contribution < -0.4 is 4.74 Å². The van der Waals surface area contributed by atoms with Gasteiger partial charge >= 0.3 is 0 Å². The van der Waals surface area contributed by atoms with E-state index in [0.29, 0.717) is 0 Å². The zero-order valence-electron chi connectivity index (χ0n) is 8.99. The summed E-state index contributed by atoms with van der Waals surface area (Å²) in [5.41, 5.74) is 3.78. The van der Waals surface area contributed by atoms with Crippen LogP contribution in [0, 0.1) is 0 Å². The highest BCUT2D eigenvalue weighted by Crippen LogP contribution is 2.32. The van der Waals surface area contributed by atoms with Crippen molar-refractivity contribution >= 4 is 11.3 Å². The summed E-state index contributed by atoms with van der Waals surface area (Å²) >= 11 is 1.71. The van der Waals surface area contributed by atoms with Crippen LogP contribution in [-0.2, 0) is 6.42 Å². The van der Waals surface area contributed by atoms with Gasteiger partial charge in [0.2, 0.25) is 0 Å². The molecule has 0 bridgehead atoms. The molecule has 0 fully saturated rings. The highest BCUT2D eigenvalue weighted by molar-refractivity contribution is 7.08. The molecule has 78 valence electrons. The molecular formula is C13H14OS. The van der Waals surface area contributed by atoms with Gasteiger partial charge in [-0.3, -0.25) is 0 Å². The molecule has 0 unspecified atom stereocenters. The lowest BCUT2D eigenvalue weighted by Gasteiger charge is -2.08. The van der Waals surface area contributed by atoms with E-state index in [1.54, 1.807) is 18.4 Å². The van der Waals surface area contributed by atoms with Crippen molar-refractivity contribution in [2.45, 2.75) is 13.3 Å². The van der Waals surface area contributed by atoms with Gasteiger partial charge in [-0.2, -0.15) is 11.3 Å². The summed E-state index contributed by atoms with van der Waals surface area (Å²) < 4.78 is 5.37. The topological polar surface area (TPSA) is 9.23 Å². The van der Waals surface area contributed by atoms with Gasteiger partial charge in [0.15, 0.2) is 0 Å². The minimum atomic E-state index is 0.950. The Morgan fingerprint density at radius 1 is 1.27 bits per heavy atom. The number of hydrogen-bond acceptors (Lipinski definition) is 2. The maximum absolute atomic E-state index is 5.37. The predicted molar refractivity (Wildman–Crippen MR) is 65.7 cm³/mol. The van der Waals surface area contributed by atoms with E-state index in [-0.39, 0.29) is 0 Å². The van der Waals surface area contributed by atoms with Crippen LogP contribution in [0.3, 0.4) is 0 Å². The van der Waals surface area contributed by atoms with Gasteiger partial charge in [0.25, 0.3) is 0 Å². The number of hydrogen-bond donors (Lipinski definition) is 0. The molecule has 1 heterocycles. The van der Waals surface area contributed by atoms with Gasteiger partial charge in [0, 0.05) is 5.56 Å². The van der Waals surface area contributed by atoms with Crippen molar-refractivity contribution < 1.29 is 4.74 Å². The second-order valence-corrected chi connectivity index (χ2v) is 4.18. The fourth-order valence-electron chi connectivity index (χ4n) is 1.62. The normalized spacial score (nSPS) is 10.3. The van der Waals surface area contributed by atoms with Crippen molar-refractivity contribution in [1.29, 1.82) is 0 Å². The van der Waals surface area contributed by atoms with Crippen LogP contribution in [0.4, 0.5) is 0 Å². The molecule has 1 nitrogen and oxygen atoms in total. The molecule has 0 amide bonds. The lowest BCUT2D eigenvalue weighted by molar-refractivity contribution is 0.416. The van der Waals surface area contributed by atoms with E-state index in [9.17, 15) is 0 Å². The van der Waals surface area contributed by atoms with E-state index in [1.807, 2.05) is 6.07 Å². The summed E-state index contributed by atoms with van der Waals surface area (Å²) in [6, 6.07) is 8.50. The molecule has 1 aromatic carbocycles. The average molecular weight is 218 g/mol.